The van der Waals surface area contributed by atoms with Gasteiger partial charge in [-0.2, -0.15) is 11.8 Å². The second-order valence-corrected chi connectivity index (χ2v) is 7.22. The number of thioether (sulfide) groups is 1. The highest BCUT2D eigenvalue weighted by Crippen LogP contribution is 2.27. The van der Waals surface area contributed by atoms with Crippen LogP contribution >= 0.6 is 23.1 Å². The molecule has 0 saturated carbocycles. The van der Waals surface area contributed by atoms with Crippen LogP contribution in [0.3, 0.4) is 0 Å². The number of hydrogen-bond acceptors (Lipinski definition) is 5. The van der Waals surface area contributed by atoms with Crippen LogP contribution in [0.5, 0.6) is 0 Å². The van der Waals surface area contributed by atoms with Crippen LogP contribution in [-0.2, 0) is 6.42 Å². The van der Waals surface area contributed by atoms with Gasteiger partial charge in [0.05, 0.1) is 5.69 Å². The van der Waals surface area contributed by atoms with Gasteiger partial charge in [0.2, 0.25) is 0 Å². The van der Waals surface area contributed by atoms with Crippen LogP contribution in [0.25, 0.3) is 4.96 Å². The summed E-state index contributed by atoms with van der Waals surface area (Å²) >= 11 is 3.57. The van der Waals surface area contributed by atoms with Gasteiger partial charge in [0.1, 0.15) is 0 Å². The molecule has 0 aliphatic carbocycles. The summed E-state index contributed by atoms with van der Waals surface area (Å²) in [4.78, 5) is 8.15. The van der Waals surface area contributed by atoms with Crippen molar-refractivity contribution in [3.8, 4) is 0 Å². The van der Waals surface area contributed by atoms with Gasteiger partial charge in [-0.05, 0) is 32.3 Å². The Bertz CT molecular complexity index is 546. The molecule has 2 aromatic rings. The van der Waals surface area contributed by atoms with Gasteiger partial charge in [0, 0.05) is 37.1 Å². The minimum Gasteiger partial charge on any atom is -0.355 e. The van der Waals surface area contributed by atoms with Crippen molar-refractivity contribution in [2.24, 2.45) is 5.73 Å². The van der Waals surface area contributed by atoms with Gasteiger partial charge in [0.25, 0.3) is 0 Å². The first-order chi connectivity index (χ1) is 9.54. The summed E-state index contributed by atoms with van der Waals surface area (Å²) < 4.78 is 2.18. The van der Waals surface area contributed by atoms with Crippen LogP contribution < -0.4 is 10.6 Å². The quantitative estimate of drug-likeness (QED) is 0.854. The smallest absolute Gasteiger partial charge is 0.195 e. The van der Waals surface area contributed by atoms with Crippen molar-refractivity contribution in [3.05, 3.63) is 17.3 Å². The Morgan fingerprint density at radius 1 is 1.50 bits per heavy atom. The first-order valence-electron chi connectivity index (χ1n) is 6.96. The van der Waals surface area contributed by atoms with E-state index in [1.165, 1.54) is 17.9 Å². The topological polar surface area (TPSA) is 46.6 Å². The number of rotatable bonds is 7. The minimum absolute atomic E-state index is 0.142. The predicted molar refractivity (Wildman–Crippen MR) is 91.3 cm³/mol. The van der Waals surface area contributed by atoms with E-state index in [1.54, 1.807) is 11.3 Å². The number of hydrogen-bond donors (Lipinski definition) is 1. The van der Waals surface area contributed by atoms with Crippen LogP contribution in [0.1, 0.15) is 26.0 Å². The summed E-state index contributed by atoms with van der Waals surface area (Å²) in [6, 6.07) is 0.627. The van der Waals surface area contributed by atoms with Crippen molar-refractivity contribution in [2.45, 2.75) is 38.8 Å². The maximum atomic E-state index is 6.01. The lowest BCUT2D eigenvalue weighted by molar-refractivity contribution is 0.652. The Kier molecular flexibility index (Phi) is 5.35. The lowest BCUT2D eigenvalue weighted by Gasteiger charge is -2.26. The summed E-state index contributed by atoms with van der Waals surface area (Å²) in [6.45, 7) is 4.31. The van der Waals surface area contributed by atoms with E-state index < -0.39 is 0 Å². The molecule has 4 nitrogen and oxygen atoms in total. The molecule has 2 unspecified atom stereocenters. The Labute approximate surface area is 129 Å². The molecule has 0 saturated heterocycles. The van der Waals surface area contributed by atoms with Gasteiger partial charge in [-0.15, -0.1) is 11.3 Å². The fourth-order valence-corrected chi connectivity index (χ4v) is 3.59. The molecule has 0 bridgehead atoms. The Morgan fingerprint density at radius 2 is 2.25 bits per heavy atom. The summed E-state index contributed by atoms with van der Waals surface area (Å²) in [5.74, 6) is 2.26. The third kappa shape index (κ3) is 3.30. The Morgan fingerprint density at radius 3 is 2.90 bits per heavy atom. The predicted octanol–water partition coefficient (Wildman–Crippen LogP) is 2.86. The molecule has 0 aromatic carbocycles. The van der Waals surface area contributed by atoms with Gasteiger partial charge in [-0.25, -0.2) is 4.98 Å². The number of imidazole rings is 1. The van der Waals surface area contributed by atoms with Crippen LogP contribution in [0.15, 0.2) is 11.6 Å². The molecule has 2 heterocycles. The molecule has 0 amide bonds. The first kappa shape index (κ1) is 15.7. The number of aromatic nitrogens is 2. The van der Waals surface area contributed by atoms with Gasteiger partial charge >= 0.3 is 0 Å². The molecule has 6 heteroatoms. The zero-order valence-corrected chi connectivity index (χ0v) is 14.3. The lowest BCUT2D eigenvalue weighted by Crippen LogP contribution is -2.31. The summed E-state index contributed by atoms with van der Waals surface area (Å²) in [6.07, 6.45) is 6.27. The molecule has 2 aromatic heterocycles. The molecule has 20 heavy (non-hydrogen) atoms. The van der Waals surface area contributed by atoms with Crippen molar-refractivity contribution in [2.75, 3.05) is 24.0 Å². The molecule has 2 N–H and O–H groups in total. The van der Waals surface area contributed by atoms with Gasteiger partial charge < -0.3 is 10.6 Å². The van der Waals surface area contributed by atoms with Gasteiger partial charge in [-0.3, -0.25) is 4.40 Å². The highest BCUT2D eigenvalue weighted by atomic mass is 32.2. The van der Waals surface area contributed by atoms with Crippen molar-refractivity contribution >= 4 is 33.9 Å². The van der Waals surface area contributed by atoms with Crippen LogP contribution in [0.4, 0.5) is 5.82 Å². The minimum atomic E-state index is 0.142. The van der Waals surface area contributed by atoms with Crippen molar-refractivity contribution in [1.82, 2.24) is 9.38 Å². The fourth-order valence-electron chi connectivity index (χ4n) is 2.29. The summed E-state index contributed by atoms with van der Waals surface area (Å²) in [5, 5.41) is 2.08. The molecule has 0 radical (unpaired) electrons. The van der Waals surface area contributed by atoms with E-state index in [0.717, 1.165) is 17.2 Å². The average Bonchev–Trinajstić information content (AvgIpc) is 2.97. The first-order valence-corrected chi connectivity index (χ1v) is 9.23. The molecule has 0 aliphatic heterocycles. The van der Waals surface area contributed by atoms with Gasteiger partial charge in [0.15, 0.2) is 10.8 Å². The van der Waals surface area contributed by atoms with Crippen molar-refractivity contribution in [3.63, 3.8) is 0 Å². The molecular formula is C14H24N4S2. The third-order valence-electron chi connectivity index (χ3n) is 3.59. The zero-order valence-electron chi connectivity index (χ0n) is 12.7. The van der Waals surface area contributed by atoms with Crippen LogP contribution in [0.2, 0.25) is 0 Å². The maximum Gasteiger partial charge on any atom is 0.195 e. The van der Waals surface area contributed by atoms with E-state index in [-0.39, 0.29) is 6.04 Å². The normalized spacial score (nSPS) is 14.7. The fraction of sp³-hybridized carbons (Fsp3) is 0.643. The standard InChI is InChI=1S/C14H24N4S2/c1-10(15)9-12-13(16-14-18(12)6-8-20-14)17(3)11(2)5-7-19-4/h6,8,10-11H,5,7,9,15H2,1-4H3. The maximum absolute atomic E-state index is 6.01. The van der Waals surface area contributed by atoms with E-state index in [1.807, 2.05) is 18.7 Å². The molecule has 2 rings (SSSR count). The largest absolute Gasteiger partial charge is 0.355 e. The molecular weight excluding hydrogens is 288 g/mol. The van der Waals surface area contributed by atoms with E-state index in [2.05, 4.69) is 41.1 Å². The van der Waals surface area contributed by atoms with E-state index >= 15 is 0 Å². The monoisotopic (exact) mass is 312 g/mol. The molecule has 2 atom stereocenters. The van der Waals surface area contributed by atoms with Crippen LogP contribution in [0, 0.1) is 0 Å². The Balaban J connectivity index is 2.29. The number of anilines is 1. The number of nitrogens with zero attached hydrogens (tertiary/aromatic N) is 3. The van der Waals surface area contributed by atoms with Gasteiger partial charge in [-0.1, -0.05) is 0 Å². The summed E-state index contributed by atoms with van der Waals surface area (Å²) in [7, 11) is 2.14. The van der Waals surface area contributed by atoms with Crippen molar-refractivity contribution in [1.29, 1.82) is 0 Å². The van der Waals surface area contributed by atoms with E-state index in [0.29, 0.717) is 6.04 Å². The van der Waals surface area contributed by atoms with Crippen LogP contribution in [-0.4, -0.2) is 40.5 Å². The highest BCUT2D eigenvalue weighted by Gasteiger charge is 2.20. The summed E-state index contributed by atoms with van der Waals surface area (Å²) in [5.41, 5.74) is 7.24. The highest BCUT2D eigenvalue weighted by molar-refractivity contribution is 7.98. The Hall–Kier alpha value is -0.720. The van der Waals surface area contributed by atoms with Crippen molar-refractivity contribution < 1.29 is 0 Å². The molecule has 112 valence electrons. The number of nitrogens with two attached hydrogens (primary N) is 1. The van der Waals surface area contributed by atoms with E-state index in [4.69, 9.17) is 10.7 Å². The SMILES string of the molecule is CSCCC(C)N(C)c1nc2sccn2c1CC(C)N. The zero-order chi connectivity index (χ0) is 14.7. The third-order valence-corrected chi connectivity index (χ3v) is 4.99. The number of fused-ring (bicyclic) bond motifs is 1. The number of thiazole rings is 1. The van der Waals surface area contributed by atoms with E-state index in [9.17, 15) is 0 Å². The lowest BCUT2D eigenvalue weighted by atomic mass is 10.1. The second kappa shape index (κ2) is 6.83. The molecule has 0 spiro atoms. The molecule has 0 aliphatic rings. The molecule has 0 fully saturated rings. The second-order valence-electron chi connectivity index (χ2n) is 5.36. The average molecular weight is 313 g/mol.